The summed E-state index contributed by atoms with van der Waals surface area (Å²) in [6.45, 7) is 0. The topological polar surface area (TPSA) is 3.24 Å². The van der Waals surface area contributed by atoms with E-state index < -0.39 is 5.41 Å². The first-order chi connectivity index (χ1) is 27.8. The van der Waals surface area contributed by atoms with Gasteiger partial charge in [0, 0.05) is 17.1 Å². The molecule has 1 aliphatic carbocycles. The first kappa shape index (κ1) is 33.4. The van der Waals surface area contributed by atoms with Gasteiger partial charge in [0.15, 0.2) is 0 Å². The second-order valence-corrected chi connectivity index (χ2v) is 14.5. The molecule has 0 aliphatic heterocycles. The second kappa shape index (κ2) is 14.2. The van der Waals surface area contributed by atoms with E-state index in [9.17, 15) is 0 Å². The minimum absolute atomic E-state index is 0.475. The Morgan fingerprint density at radius 2 is 0.607 bits per heavy atom. The summed E-state index contributed by atoms with van der Waals surface area (Å²) in [6.07, 6.45) is 0. The minimum Gasteiger partial charge on any atom is -0.311 e. The lowest BCUT2D eigenvalue weighted by Gasteiger charge is -2.35. The standard InChI is InChI=1S/C55H39N/c1-5-16-40(17-6-1)42-28-34-47(35-29-42)56(48-36-30-43(31-37-48)41-18-7-2-8-19-41)49-38-32-44(33-39-49)50-25-15-26-52-51-24-13-14-27-53(51)55(54(50)52,45-20-9-3-10-21-45)46-22-11-4-12-23-46/h1-39H. The van der Waals surface area contributed by atoms with Crippen LogP contribution in [0.1, 0.15) is 22.3 Å². The second-order valence-electron chi connectivity index (χ2n) is 14.5. The number of benzene rings is 9. The molecule has 0 fully saturated rings. The predicted octanol–water partition coefficient (Wildman–Crippen LogP) is 14.5. The van der Waals surface area contributed by atoms with Gasteiger partial charge in [0.05, 0.1) is 5.41 Å². The van der Waals surface area contributed by atoms with Gasteiger partial charge in [-0.15, -0.1) is 0 Å². The Balaban J connectivity index is 1.11. The fourth-order valence-electron chi connectivity index (χ4n) is 8.85. The van der Waals surface area contributed by atoms with Crippen LogP contribution in [0.5, 0.6) is 0 Å². The molecule has 0 bridgehead atoms. The normalized spacial score (nSPS) is 12.4. The molecular weight excluding hydrogens is 675 g/mol. The molecule has 0 N–H and O–H groups in total. The molecule has 1 aliphatic rings. The SMILES string of the molecule is c1ccc(-c2ccc(N(c3ccc(-c4ccccc4)cc3)c3ccc(-c4cccc5c4C(c4ccccc4)(c4ccccc4)c4ccccc4-5)cc3)cc2)cc1. The number of nitrogens with zero attached hydrogens (tertiary/aromatic N) is 1. The maximum Gasteiger partial charge on any atom is 0.0719 e. The molecule has 0 aromatic heterocycles. The average molecular weight is 714 g/mol. The first-order valence-electron chi connectivity index (χ1n) is 19.3. The highest BCUT2D eigenvalue weighted by atomic mass is 15.1. The van der Waals surface area contributed by atoms with Crippen molar-refractivity contribution in [1.29, 1.82) is 0 Å². The minimum atomic E-state index is -0.475. The maximum atomic E-state index is 2.36. The molecule has 0 saturated carbocycles. The summed E-state index contributed by atoms with van der Waals surface area (Å²) in [6, 6.07) is 86.1. The Hall–Kier alpha value is -7.22. The van der Waals surface area contributed by atoms with E-state index in [0.717, 1.165) is 17.1 Å². The Bertz CT molecular complexity index is 2610. The van der Waals surface area contributed by atoms with E-state index in [1.807, 2.05) is 0 Å². The van der Waals surface area contributed by atoms with Crippen molar-refractivity contribution >= 4 is 17.1 Å². The van der Waals surface area contributed by atoms with Crippen LogP contribution in [0, 0.1) is 0 Å². The Morgan fingerprint density at radius 1 is 0.250 bits per heavy atom. The summed E-state index contributed by atoms with van der Waals surface area (Å²) >= 11 is 0. The van der Waals surface area contributed by atoms with Crippen LogP contribution in [0.4, 0.5) is 17.1 Å². The monoisotopic (exact) mass is 713 g/mol. The molecular formula is C55H39N. The van der Waals surface area contributed by atoms with Gasteiger partial charge >= 0.3 is 0 Å². The average Bonchev–Trinajstić information content (AvgIpc) is 3.60. The van der Waals surface area contributed by atoms with E-state index in [2.05, 4.69) is 241 Å². The zero-order valence-electron chi connectivity index (χ0n) is 31.0. The zero-order valence-corrected chi connectivity index (χ0v) is 31.0. The first-order valence-corrected chi connectivity index (χ1v) is 19.3. The molecule has 0 amide bonds. The largest absolute Gasteiger partial charge is 0.311 e. The lowest BCUT2D eigenvalue weighted by atomic mass is 9.66. The zero-order chi connectivity index (χ0) is 37.3. The van der Waals surface area contributed by atoms with Crippen LogP contribution in [0.15, 0.2) is 237 Å². The van der Waals surface area contributed by atoms with Crippen molar-refractivity contribution in [2.24, 2.45) is 0 Å². The van der Waals surface area contributed by atoms with Gasteiger partial charge in [-0.05, 0) is 103 Å². The van der Waals surface area contributed by atoms with Crippen molar-refractivity contribution in [3.05, 3.63) is 259 Å². The summed E-state index contributed by atoms with van der Waals surface area (Å²) in [4.78, 5) is 2.36. The van der Waals surface area contributed by atoms with E-state index >= 15 is 0 Å². The molecule has 264 valence electrons. The Morgan fingerprint density at radius 3 is 1.09 bits per heavy atom. The lowest BCUT2D eigenvalue weighted by molar-refractivity contribution is 0.770. The van der Waals surface area contributed by atoms with Gasteiger partial charge in [-0.2, -0.15) is 0 Å². The summed E-state index contributed by atoms with van der Waals surface area (Å²) in [7, 11) is 0. The van der Waals surface area contributed by atoms with Gasteiger partial charge in [-0.25, -0.2) is 0 Å². The van der Waals surface area contributed by atoms with Crippen molar-refractivity contribution in [3.8, 4) is 44.5 Å². The van der Waals surface area contributed by atoms with Crippen molar-refractivity contribution in [1.82, 2.24) is 0 Å². The van der Waals surface area contributed by atoms with Crippen LogP contribution in [-0.4, -0.2) is 0 Å². The maximum absolute atomic E-state index is 2.36. The quantitative estimate of drug-likeness (QED) is 0.152. The van der Waals surface area contributed by atoms with Gasteiger partial charge in [-0.3, -0.25) is 0 Å². The van der Waals surface area contributed by atoms with E-state index in [-0.39, 0.29) is 0 Å². The van der Waals surface area contributed by atoms with Gasteiger partial charge < -0.3 is 4.90 Å². The van der Waals surface area contributed by atoms with Crippen LogP contribution in [0.3, 0.4) is 0 Å². The molecule has 1 nitrogen and oxygen atoms in total. The fraction of sp³-hybridized carbons (Fsp3) is 0.0182. The van der Waals surface area contributed by atoms with Gasteiger partial charge in [0.25, 0.3) is 0 Å². The molecule has 0 unspecified atom stereocenters. The van der Waals surface area contributed by atoms with Crippen LogP contribution in [0.2, 0.25) is 0 Å². The lowest BCUT2D eigenvalue weighted by Crippen LogP contribution is -2.29. The molecule has 56 heavy (non-hydrogen) atoms. The van der Waals surface area contributed by atoms with Crippen molar-refractivity contribution in [2.45, 2.75) is 5.41 Å². The van der Waals surface area contributed by atoms with E-state index in [0.29, 0.717) is 0 Å². The van der Waals surface area contributed by atoms with Crippen LogP contribution in [0.25, 0.3) is 44.5 Å². The molecule has 0 heterocycles. The number of hydrogen-bond acceptors (Lipinski definition) is 1. The van der Waals surface area contributed by atoms with Crippen LogP contribution < -0.4 is 4.90 Å². The van der Waals surface area contributed by atoms with Crippen LogP contribution >= 0.6 is 0 Å². The summed E-state index contributed by atoms with van der Waals surface area (Å²) in [5.74, 6) is 0. The molecule has 9 aromatic carbocycles. The van der Waals surface area contributed by atoms with Gasteiger partial charge in [-0.1, -0.05) is 200 Å². The smallest absolute Gasteiger partial charge is 0.0719 e. The van der Waals surface area contributed by atoms with E-state index in [4.69, 9.17) is 0 Å². The Kier molecular flexibility index (Phi) is 8.46. The summed E-state index contributed by atoms with van der Waals surface area (Å²) < 4.78 is 0. The van der Waals surface area contributed by atoms with Crippen molar-refractivity contribution < 1.29 is 0 Å². The molecule has 9 aromatic rings. The number of anilines is 3. The molecule has 0 saturated heterocycles. The van der Waals surface area contributed by atoms with Crippen molar-refractivity contribution in [2.75, 3.05) is 4.90 Å². The predicted molar refractivity (Wildman–Crippen MR) is 235 cm³/mol. The Labute approximate surface area is 329 Å². The van der Waals surface area contributed by atoms with Crippen LogP contribution in [-0.2, 0) is 5.41 Å². The van der Waals surface area contributed by atoms with Gasteiger partial charge in [0.2, 0.25) is 0 Å². The third kappa shape index (κ3) is 5.65. The summed E-state index contributed by atoms with van der Waals surface area (Å²) in [5, 5.41) is 0. The van der Waals surface area contributed by atoms with Crippen molar-refractivity contribution in [3.63, 3.8) is 0 Å². The molecule has 1 heteroatoms. The highest BCUT2D eigenvalue weighted by molar-refractivity contribution is 5.93. The highest BCUT2D eigenvalue weighted by Gasteiger charge is 2.47. The molecule has 10 rings (SSSR count). The third-order valence-electron chi connectivity index (χ3n) is 11.4. The third-order valence-corrected chi connectivity index (χ3v) is 11.4. The van der Waals surface area contributed by atoms with E-state index in [1.165, 1.54) is 66.8 Å². The molecule has 0 atom stereocenters. The fourth-order valence-corrected chi connectivity index (χ4v) is 8.85. The number of fused-ring (bicyclic) bond motifs is 3. The number of rotatable bonds is 8. The summed E-state index contributed by atoms with van der Waals surface area (Å²) in [5.41, 5.74) is 17.8. The number of hydrogen-bond donors (Lipinski definition) is 0. The van der Waals surface area contributed by atoms with E-state index in [1.54, 1.807) is 0 Å². The van der Waals surface area contributed by atoms with Gasteiger partial charge in [0.1, 0.15) is 0 Å². The molecule has 0 radical (unpaired) electrons. The highest BCUT2D eigenvalue weighted by Crippen LogP contribution is 2.58. The molecule has 0 spiro atoms.